The van der Waals surface area contributed by atoms with Gasteiger partial charge in [0, 0.05) is 27.8 Å². The molecule has 1 aliphatic heterocycles. The number of hydrogen-bond acceptors (Lipinski definition) is 7. The molecule has 1 aliphatic rings. The molecule has 0 radical (unpaired) electrons. The summed E-state index contributed by atoms with van der Waals surface area (Å²) in [5.74, 6) is -1.66. The standard InChI is InChI=1S/C30H57N5O6/c1-12-19(6)26(34(9)30(39)25(18(4)5)33-29(38)24(32-8)17(2)3)22(40-10)16-23(36)35-15-13-14-21(35)27(41-11)20(7)28(31)37/h17-22,24-27,32H,12-16H2,1-11H3,(H2,31,37)(H,33,38)/t19-,20+,21-,22+,24-,25-,26-,27+/m0/s1. The monoisotopic (exact) mass is 583 g/mol. The summed E-state index contributed by atoms with van der Waals surface area (Å²) in [6, 6.07) is -1.84. The van der Waals surface area contributed by atoms with Crippen LogP contribution in [0, 0.1) is 23.7 Å². The number of hydrogen-bond donors (Lipinski definition) is 3. The summed E-state index contributed by atoms with van der Waals surface area (Å²) in [7, 11) is 6.55. The average Bonchev–Trinajstić information content (AvgIpc) is 3.40. The maximum atomic E-state index is 13.9. The van der Waals surface area contributed by atoms with Gasteiger partial charge in [-0.25, -0.2) is 0 Å². The summed E-state index contributed by atoms with van der Waals surface area (Å²) in [6.07, 6.45) is 1.26. The van der Waals surface area contributed by atoms with Gasteiger partial charge in [-0.15, -0.1) is 0 Å². The summed E-state index contributed by atoms with van der Waals surface area (Å²) in [5.41, 5.74) is 5.56. The van der Waals surface area contributed by atoms with Crippen LogP contribution in [0.15, 0.2) is 0 Å². The smallest absolute Gasteiger partial charge is 0.245 e. The number of nitrogens with zero attached hydrogens (tertiary/aromatic N) is 2. The highest BCUT2D eigenvalue weighted by Crippen LogP contribution is 2.29. The Morgan fingerprint density at radius 2 is 1.59 bits per heavy atom. The molecule has 11 nitrogen and oxygen atoms in total. The molecular weight excluding hydrogens is 526 g/mol. The van der Waals surface area contributed by atoms with E-state index in [1.807, 2.05) is 41.5 Å². The minimum Gasteiger partial charge on any atom is -0.379 e. The van der Waals surface area contributed by atoms with Gasteiger partial charge in [0.25, 0.3) is 0 Å². The van der Waals surface area contributed by atoms with Crippen molar-refractivity contribution < 1.29 is 28.7 Å². The molecule has 41 heavy (non-hydrogen) atoms. The summed E-state index contributed by atoms with van der Waals surface area (Å²) in [4.78, 5) is 56.0. The van der Waals surface area contributed by atoms with Crippen molar-refractivity contribution in [2.45, 2.75) is 111 Å². The van der Waals surface area contributed by atoms with Crippen LogP contribution in [0.2, 0.25) is 0 Å². The highest BCUT2D eigenvalue weighted by molar-refractivity contribution is 5.90. The van der Waals surface area contributed by atoms with E-state index in [-0.39, 0.29) is 47.9 Å². The van der Waals surface area contributed by atoms with Crippen molar-refractivity contribution in [2.24, 2.45) is 29.4 Å². The van der Waals surface area contributed by atoms with Gasteiger partial charge in [-0.1, -0.05) is 54.9 Å². The Kier molecular flexibility index (Phi) is 15.3. The highest BCUT2D eigenvalue weighted by Gasteiger charge is 2.42. The van der Waals surface area contributed by atoms with Crippen molar-refractivity contribution in [3.63, 3.8) is 0 Å². The molecule has 0 unspecified atom stereocenters. The number of likely N-dealkylation sites (tertiary alicyclic amines) is 1. The van der Waals surface area contributed by atoms with Gasteiger partial charge in [0.1, 0.15) is 6.04 Å². The van der Waals surface area contributed by atoms with E-state index in [0.717, 1.165) is 12.8 Å². The molecule has 238 valence electrons. The maximum absolute atomic E-state index is 13.9. The first-order valence-corrected chi connectivity index (χ1v) is 15.1. The van der Waals surface area contributed by atoms with E-state index in [9.17, 15) is 19.2 Å². The second kappa shape index (κ2) is 17.0. The van der Waals surface area contributed by atoms with Crippen LogP contribution in [0.1, 0.15) is 74.1 Å². The average molecular weight is 584 g/mol. The number of carbonyl (C=O) groups is 4. The van der Waals surface area contributed by atoms with Crippen molar-refractivity contribution in [3.8, 4) is 0 Å². The quantitative estimate of drug-likeness (QED) is 0.237. The molecule has 0 aromatic rings. The van der Waals surface area contributed by atoms with Crippen LogP contribution in [0.5, 0.6) is 0 Å². The zero-order valence-electron chi connectivity index (χ0n) is 27.2. The van der Waals surface area contributed by atoms with Gasteiger partial charge < -0.3 is 35.6 Å². The maximum Gasteiger partial charge on any atom is 0.245 e. The fourth-order valence-electron chi connectivity index (χ4n) is 6.06. The van der Waals surface area contributed by atoms with Crippen molar-refractivity contribution >= 4 is 23.6 Å². The molecule has 4 N–H and O–H groups in total. The SMILES string of the molecule is CC[C@H](C)[C@@H]([C@@H](CC(=O)N1CCC[C@H]1[C@H](OC)[C@@H](C)C(N)=O)OC)N(C)C(=O)[C@@H](NC(=O)[C@@H](NC)C(C)C)C(C)C. The summed E-state index contributed by atoms with van der Waals surface area (Å²) >= 11 is 0. The van der Waals surface area contributed by atoms with Crippen molar-refractivity contribution in [3.05, 3.63) is 0 Å². The number of methoxy groups -OCH3 is 2. The fourth-order valence-corrected chi connectivity index (χ4v) is 6.06. The van der Waals surface area contributed by atoms with Crippen LogP contribution in [0.25, 0.3) is 0 Å². The number of rotatable bonds is 17. The Morgan fingerprint density at radius 1 is 1.00 bits per heavy atom. The van der Waals surface area contributed by atoms with E-state index in [4.69, 9.17) is 15.2 Å². The molecule has 11 heteroatoms. The fraction of sp³-hybridized carbons (Fsp3) is 0.867. The molecule has 0 bridgehead atoms. The topological polar surface area (TPSA) is 143 Å². The van der Waals surface area contributed by atoms with Gasteiger partial charge in [0.2, 0.25) is 23.6 Å². The zero-order chi connectivity index (χ0) is 31.6. The molecule has 0 aliphatic carbocycles. The molecule has 1 saturated heterocycles. The molecule has 0 aromatic carbocycles. The number of ether oxygens (including phenoxy) is 2. The Balaban J connectivity index is 3.24. The first-order chi connectivity index (χ1) is 19.2. The molecule has 0 aromatic heterocycles. The van der Waals surface area contributed by atoms with Gasteiger partial charge in [0.15, 0.2) is 0 Å². The second-order valence-corrected chi connectivity index (χ2v) is 12.2. The Bertz CT molecular complexity index is 868. The highest BCUT2D eigenvalue weighted by atomic mass is 16.5. The minimum atomic E-state index is -0.734. The third-order valence-electron chi connectivity index (χ3n) is 8.78. The number of carbonyl (C=O) groups excluding carboxylic acids is 4. The van der Waals surface area contributed by atoms with Gasteiger partial charge in [-0.2, -0.15) is 0 Å². The lowest BCUT2D eigenvalue weighted by Crippen LogP contribution is -2.59. The van der Waals surface area contributed by atoms with Gasteiger partial charge in [-0.05, 0) is 37.6 Å². The minimum absolute atomic E-state index is 0.0157. The predicted molar refractivity (Wildman–Crippen MR) is 160 cm³/mol. The van der Waals surface area contributed by atoms with E-state index in [2.05, 4.69) is 10.6 Å². The first-order valence-electron chi connectivity index (χ1n) is 15.1. The van der Waals surface area contributed by atoms with E-state index < -0.39 is 42.2 Å². The third kappa shape index (κ3) is 9.38. The van der Waals surface area contributed by atoms with E-state index >= 15 is 0 Å². The summed E-state index contributed by atoms with van der Waals surface area (Å²) < 4.78 is 11.6. The third-order valence-corrected chi connectivity index (χ3v) is 8.78. The molecule has 0 saturated carbocycles. The molecule has 8 atom stereocenters. The molecule has 1 fully saturated rings. The van der Waals surface area contributed by atoms with Crippen LogP contribution in [0.4, 0.5) is 0 Å². The first kappa shape index (κ1) is 36.8. The Labute approximate surface area is 247 Å². The van der Waals surface area contributed by atoms with E-state index in [1.54, 1.807) is 37.9 Å². The van der Waals surface area contributed by atoms with Gasteiger partial charge in [0.05, 0.1) is 42.7 Å². The predicted octanol–water partition coefficient (Wildman–Crippen LogP) is 1.78. The van der Waals surface area contributed by atoms with Gasteiger partial charge >= 0.3 is 0 Å². The number of likely N-dealkylation sites (N-methyl/N-ethyl adjacent to an activating group) is 2. The Morgan fingerprint density at radius 3 is 2.02 bits per heavy atom. The normalized spacial score (nSPS) is 20.7. The van der Waals surface area contributed by atoms with E-state index in [1.165, 1.54) is 7.11 Å². The van der Waals surface area contributed by atoms with Crippen molar-refractivity contribution in [2.75, 3.05) is 34.9 Å². The van der Waals surface area contributed by atoms with Crippen LogP contribution in [-0.4, -0.2) is 105 Å². The largest absolute Gasteiger partial charge is 0.379 e. The summed E-state index contributed by atoms with van der Waals surface area (Å²) in [6.45, 7) is 14.1. The molecule has 1 heterocycles. The molecule has 0 spiro atoms. The zero-order valence-corrected chi connectivity index (χ0v) is 27.2. The molecular formula is C30H57N5O6. The number of nitrogens with two attached hydrogens (primary N) is 1. The van der Waals surface area contributed by atoms with Crippen LogP contribution >= 0.6 is 0 Å². The number of nitrogens with one attached hydrogen (secondary N) is 2. The lowest BCUT2D eigenvalue weighted by molar-refractivity contribution is -0.147. The lowest BCUT2D eigenvalue weighted by atomic mass is 9.89. The van der Waals surface area contributed by atoms with Crippen LogP contribution in [-0.2, 0) is 28.7 Å². The Hall–Kier alpha value is -2.24. The van der Waals surface area contributed by atoms with Gasteiger partial charge in [-0.3, -0.25) is 19.2 Å². The molecule has 1 rings (SSSR count). The van der Waals surface area contributed by atoms with Crippen molar-refractivity contribution in [1.82, 2.24) is 20.4 Å². The molecule has 4 amide bonds. The van der Waals surface area contributed by atoms with Crippen LogP contribution < -0.4 is 16.4 Å². The number of amides is 4. The van der Waals surface area contributed by atoms with Crippen LogP contribution in [0.3, 0.4) is 0 Å². The number of primary amides is 1. The lowest BCUT2D eigenvalue weighted by Gasteiger charge is -2.41. The van der Waals surface area contributed by atoms with E-state index in [0.29, 0.717) is 13.0 Å². The second-order valence-electron chi connectivity index (χ2n) is 12.2. The van der Waals surface area contributed by atoms with Crippen molar-refractivity contribution in [1.29, 1.82) is 0 Å². The summed E-state index contributed by atoms with van der Waals surface area (Å²) in [5, 5.41) is 6.00.